The first kappa shape index (κ1) is 17.3. The molecular formula is C25H25NO2. The van der Waals surface area contributed by atoms with Crippen molar-refractivity contribution >= 4 is 22.4 Å². The fraction of sp³-hybridized carbons (Fsp3) is 0.320. The molecule has 0 saturated carbocycles. The minimum absolute atomic E-state index is 0.114. The van der Waals surface area contributed by atoms with Gasteiger partial charge in [-0.2, -0.15) is 0 Å². The van der Waals surface area contributed by atoms with Crippen LogP contribution in [0.3, 0.4) is 0 Å². The molecule has 142 valence electrons. The Labute approximate surface area is 165 Å². The van der Waals surface area contributed by atoms with Crippen molar-refractivity contribution in [3.8, 4) is 5.75 Å². The monoisotopic (exact) mass is 371 g/mol. The van der Waals surface area contributed by atoms with E-state index in [0.717, 1.165) is 42.5 Å². The molecule has 1 amide bonds. The molecule has 5 rings (SSSR count). The highest BCUT2D eigenvalue weighted by Crippen LogP contribution is 2.35. The summed E-state index contributed by atoms with van der Waals surface area (Å²) in [4.78, 5) is 12.8. The second-order valence-electron chi connectivity index (χ2n) is 8.00. The standard InChI is InChI=1S/C25H25NO2/c1-16(28-21-13-11-17-5-2-3-6-20(17)15-21)25(27)26-23-14-12-19-10-9-18-7-4-8-22(23)24(18)19/h4,7-8,11-16H,2-3,5-6,9-10H2,1H3,(H,26,27). The van der Waals surface area contributed by atoms with E-state index in [0.29, 0.717) is 0 Å². The Bertz CT molecular complexity index is 1060. The van der Waals surface area contributed by atoms with E-state index in [-0.39, 0.29) is 5.91 Å². The van der Waals surface area contributed by atoms with E-state index in [2.05, 4.69) is 41.7 Å². The first-order chi connectivity index (χ1) is 13.7. The summed E-state index contributed by atoms with van der Waals surface area (Å²) in [6, 6.07) is 16.8. The first-order valence-electron chi connectivity index (χ1n) is 10.3. The van der Waals surface area contributed by atoms with Crippen LogP contribution < -0.4 is 10.1 Å². The summed E-state index contributed by atoms with van der Waals surface area (Å²) in [5.74, 6) is 0.667. The molecule has 0 heterocycles. The molecule has 0 fully saturated rings. The van der Waals surface area contributed by atoms with Gasteiger partial charge in [-0.05, 0) is 91.3 Å². The van der Waals surface area contributed by atoms with Gasteiger partial charge in [-0.25, -0.2) is 0 Å². The number of rotatable bonds is 4. The average Bonchev–Trinajstić information content (AvgIpc) is 3.14. The molecule has 1 atom stereocenters. The smallest absolute Gasteiger partial charge is 0.265 e. The van der Waals surface area contributed by atoms with Crippen LogP contribution in [0, 0.1) is 0 Å². The van der Waals surface area contributed by atoms with Crippen molar-refractivity contribution in [2.75, 3.05) is 5.32 Å². The molecule has 0 radical (unpaired) electrons. The van der Waals surface area contributed by atoms with Crippen LogP contribution in [-0.4, -0.2) is 12.0 Å². The van der Waals surface area contributed by atoms with Gasteiger partial charge < -0.3 is 10.1 Å². The van der Waals surface area contributed by atoms with E-state index in [1.165, 1.54) is 40.5 Å². The van der Waals surface area contributed by atoms with Gasteiger partial charge in [0.25, 0.3) is 5.91 Å². The summed E-state index contributed by atoms with van der Waals surface area (Å²) in [5.41, 5.74) is 6.41. The Hall–Kier alpha value is -2.81. The lowest BCUT2D eigenvalue weighted by Crippen LogP contribution is -2.30. The van der Waals surface area contributed by atoms with Crippen molar-refractivity contribution in [2.45, 2.75) is 51.6 Å². The van der Waals surface area contributed by atoms with Crippen LogP contribution in [0.5, 0.6) is 5.75 Å². The predicted molar refractivity (Wildman–Crippen MR) is 113 cm³/mol. The first-order valence-corrected chi connectivity index (χ1v) is 10.3. The van der Waals surface area contributed by atoms with Gasteiger partial charge in [0.15, 0.2) is 6.10 Å². The number of anilines is 1. The Morgan fingerprint density at radius 2 is 1.64 bits per heavy atom. The topological polar surface area (TPSA) is 38.3 Å². The molecule has 2 aliphatic carbocycles. The zero-order valence-corrected chi connectivity index (χ0v) is 16.3. The van der Waals surface area contributed by atoms with E-state index in [1.807, 2.05) is 19.1 Å². The van der Waals surface area contributed by atoms with Crippen molar-refractivity contribution in [2.24, 2.45) is 0 Å². The van der Waals surface area contributed by atoms with Gasteiger partial charge in [0.05, 0.1) is 0 Å². The molecule has 0 aromatic heterocycles. The van der Waals surface area contributed by atoms with Crippen LogP contribution in [0.15, 0.2) is 48.5 Å². The maximum atomic E-state index is 12.8. The van der Waals surface area contributed by atoms with Crippen LogP contribution in [-0.2, 0) is 30.5 Å². The number of ether oxygens (including phenoxy) is 1. The number of amides is 1. The second kappa shape index (κ2) is 6.97. The lowest BCUT2D eigenvalue weighted by Gasteiger charge is -2.19. The molecule has 3 heteroatoms. The van der Waals surface area contributed by atoms with Crippen LogP contribution in [0.2, 0.25) is 0 Å². The molecule has 0 spiro atoms. The Morgan fingerprint density at radius 1 is 0.893 bits per heavy atom. The molecule has 1 unspecified atom stereocenters. The van der Waals surface area contributed by atoms with Crippen molar-refractivity contribution in [1.29, 1.82) is 0 Å². The van der Waals surface area contributed by atoms with Crippen LogP contribution in [0.1, 0.15) is 42.0 Å². The summed E-state index contributed by atoms with van der Waals surface area (Å²) in [6.45, 7) is 1.81. The van der Waals surface area contributed by atoms with Crippen LogP contribution in [0.4, 0.5) is 5.69 Å². The van der Waals surface area contributed by atoms with Gasteiger partial charge in [-0.15, -0.1) is 0 Å². The fourth-order valence-electron chi connectivity index (χ4n) is 4.63. The minimum atomic E-state index is -0.551. The normalized spacial score (nSPS) is 15.9. The zero-order chi connectivity index (χ0) is 19.1. The number of carbonyl (C=O) groups is 1. The third-order valence-corrected chi connectivity index (χ3v) is 6.14. The van der Waals surface area contributed by atoms with Gasteiger partial charge >= 0.3 is 0 Å². The zero-order valence-electron chi connectivity index (χ0n) is 16.3. The average molecular weight is 371 g/mol. The predicted octanol–water partition coefficient (Wildman–Crippen LogP) is 5.22. The van der Waals surface area contributed by atoms with Crippen LogP contribution in [0.25, 0.3) is 10.8 Å². The number of aryl methyl sites for hydroxylation is 4. The van der Waals surface area contributed by atoms with Crippen molar-refractivity contribution in [1.82, 2.24) is 0 Å². The van der Waals surface area contributed by atoms with Crippen molar-refractivity contribution < 1.29 is 9.53 Å². The summed E-state index contributed by atoms with van der Waals surface area (Å²) < 4.78 is 5.97. The largest absolute Gasteiger partial charge is 0.481 e. The lowest BCUT2D eigenvalue weighted by atomic mass is 9.92. The summed E-state index contributed by atoms with van der Waals surface area (Å²) >= 11 is 0. The lowest BCUT2D eigenvalue weighted by molar-refractivity contribution is -0.122. The summed E-state index contributed by atoms with van der Waals surface area (Å²) in [6.07, 6.45) is 6.37. The number of hydrogen-bond donors (Lipinski definition) is 1. The third-order valence-electron chi connectivity index (χ3n) is 6.14. The quantitative estimate of drug-likeness (QED) is 0.682. The van der Waals surface area contributed by atoms with Gasteiger partial charge in [-0.3, -0.25) is 4.79 Å². The van der Waals surface area contributed by atoms with Crippen molar-refractivity contribution in [3.63, 3.8) is 0 Å². The van der Waals surface area contributed by atoms with E-state index >= 15 is 0 Å². The van der Waals surface area contributed by atoms with Gasteiger partial charge in [0.2, 0.25) is 0 Å². The molecule has 0 aliphatic heterocycles. The SMILES string of the molecule is CC(Oc1ccc2c(c1)CCCC2)C(=O)Nc1ccc2c3c(cccc13)CC2. The number of fused-ring (bicyclic) bond motifs is 1. The highest BCUT2D eigenvalue weighted by atomic mass is 16.5. The Balaban J connectivity index is 1.34. The Kier molecular flexibility index (Phi) is 4.31. The van der Waals surface area contributed by atoms with Crippen molar-refractivity contribution in [3.05, 3.63) is 70.8 Å². The van der Waals surface area contributed by atoms with Gasteiger partial charge in [0.1, 0.15) is 5.75 Å². The summed E-state index contributed by atoms with van der Waals surface area (Å²) in [7, 11) is 0. The third kappa shape index (κ3) is 3.05. The number of nitrogens with one attached hydrogen (secondary N) is 1. The molecule has 0 saturated heterocycles. The van der Waals surface area contributed by atoms with Crippen LogP contribution >= 0.6 is 0 Å². The fourth-order valence-corrected chi connectivity index (χ4v) is 4.63. The minimum Gasteiger partial charge on any atom is -0.481 e. The van der Waals surface area contributed by atoms with E-state index < -0.39 is 6.10 Å². The van der Waals surface area contributed by atoms with Gasteiger partial charge in [-0.1, -0.05) is 30.3 Å². The van der Waals surface area contributed by atoms with E-state index in [4.69, 9.17) is 4.74 Å². The number of hydrogen-bond acceptors (Lipinski definition) is 2. The highest BCUT2D eigenvalue weighted by Gasteiger charge is 2.20. The molecule has 2 aliphatic rings. The molecule has 1 N–H and O–H groups in total. The molecule has 3 aromatic carbocycles. The number of benzene rings is 3. The number of carbonyl (C=O) groups excluding carboxylic acids is 1. The molecule has 0 bridgehead atoms. The van der Waals surface area contributed by atoms with E-state index in [1.54, 1.807) is 0 Å². The molecule has 3 aromatic rings. The van der Waals surface area contributed by atoms with Gasteiger partial charge in [0, 0.05) is 11.1 Å². The molecular weight excluding hydrogens is 346 g/mol. The maximum absolute atomic E-state index is 12.8. The molecule has 3 nitrogen and oxygen atoms in total. The maximum Gasteiger partial charge on any atom is 0.265 e. The molecule has 28 heavy (non-hydrogen) atoms. The Morgan fingerprint density at radius 3 is 2.50 bits per heavy atom. The highest BCUT2D eigenvalue weighted by molar-refractivity contribution is 6.06. The van der Waals surface area contributed by atoms with E-state index in [9.17, 15) is 4.79 Å². The second-order valence-corrected chi connectivity index (χ2v) is 8.00. The summed E-state index contributed by atoms with van der Waals surface area (Å²) in [5, 5.41) is 5.52.